The van der Waals surface area contributed by atoms with Crippen LogP contribution in [0, 0.1) is 13.8 Å². The molecule has 0 saturated carbocycles. The number of hydrogen-bond donors (Lipinski definition) is 2. The molecular weight excluding hydrogens is 212 g/mol. The van der Waals surface area contributed by atoms with Gasteiger partial charge in [0.2, 0.25) is 0 Å². The molecule has 1 atom stereocenters. The zero-order valence-corrected chi connectivity index (χ0v) is 11.6. The van der Waals surface area contributed by atoms with E-state index in [9.17, 15) is 0 Å². The highest BCUT2D eigenvalue weighted by Crippen LogP contribution is 2.21. The maximum absolute atomic E-state index is 4.49. The molecule has 96 valence electrons. The first-order valence-corrected chi connectivity index (χ1v) is 6.41. The van der Waals surface area contributed by atoms with Crippen LogP contribution >= 0.6 is 0 Å². The Morgan fingerprint density at radius 3 is 2.29 bits per heavy atom. The van der Waals surface area contributed by atoms with Crippen molar-refractivity contribution in [2.75, 3.05) is 17.7 Å². The van der Waals surface area contributed by atoms with Crippen LogP contribution in [0.1, 0.15) is 44.5 Å². The first-order valence-electron chi connectivity index (χ1n) is 6.41. The maximum Gasteiger partial charge on any atom is 0.134 e. The summed E-state index contributed by atoms with van der Waals surface area (Å²) in [7, 11) is 1.89. The molecule has 0 bridgehead atoms. The predicted molar refractivity (Wildman–Crippen MR) is 73.7 cm³/mol. The van der Waals surface area contributed by atoms with Gasteiger partial charge in [0.05, 0.1) is 0 Å². The summed E-state index contributed by atoms with van der Waals surface area (Å²) < 4.78 is 0. The molecular formula is C13H24N4. The summed E-state index contributed by atoms with van der Waals surface area (Å²) in [6.07, 6.45) is 3.48. The normalized spacial score (nSPS) is 12.3. The number of hydrogen-bond acceptors (Lipinski definition) is 4. The summed E-state index contributed by atoms with van der Waals surface area (Å²) >= 11 is 0. The van der Waals surface area contributed by atoms with E-state index < -0.39 is 0 Å². The van der Waals surface area contributed by atoms with Crippen LogP contribution in [0.3, 0.4) is 0 Å². The highest BCUT2D eigenvalue weighted by atomic mass is 15.1. The Morgan fingerprint density at radius 1 is 1.12 bits per heavy atom. The van der Waals surface area contributed by atoms with Gasteiger partial charge >= 0.3 is 0 Å². The number of nitrogens with zero attached hydrogens (tertiary/aromatic N) is 2. The summed E-state index contributed by atoms with van der Waals surface area (Å²) in [5.74, 6) is 2.67. The molecule has 1 aromatic rings. The van der Waals surface area contributed by atoms with Crippen LogP contribution in [0.15, 0.2) is 0 Å². The van der Waals surface area contributed by atoms with Crippen molar-refractivity contribution < 1.29 is 0 Å². The lowest BCUT2D eigenvalue weighted by Crippen LogP contribution is -2.20. The predicted octanol–water partition coefficient (Wildman–Crippen LogP) is 3.13. The fraction of sp³-hybridized carbons (Fsp3) is 0.692. The monoisotopic (exact) mass is 236 g/mol. The van der Waals surface area contributed by atoms with Crippen molar-refractivity contribution in [3.8, 4) is 0 Å². The molecule has 0 aliphatic heterocycles. The third-order valence-corrected chi connectivity index (χ3v) is 2.97. The van der Waals surface area contributed by atoms with Gasteiger partial charge in [0.15, 0.2) is 0 Å². The minimum Gasteiger partial charge on any atom is -0.373 e. The van der Waals surface area contributed by atoms with E-state index in [-0.39, 0.29) is 0 Å². The number of aryl methyl sites for hydroxylation is 1. The Labute approximate surface area is 104 Å². The van der Waals surface area contributed by atoms with Gasteiger partial charge < -0.3 is 10.6 Å². The summed E-state index contributed by atoms with van der Waals surface area (Å²) in [5.41, 5.74) is 1.09. The Morgan fingerprint density at radius 2 is 1.76 bits per heavy atom. The molecule has 0 saturated heterocycles. The van der Waals surface area contributed by atoms with Gasteiger partial charge in [-0.3, -0.25) is 0 Å². The highest BCUT2D eigenvalue weighted by Gasteiger charge is 2.11. The summed E-state index contributed by atoms with van der Waals surface area (Å²) in [6.45, 7) is 8.38. The van der Waals surface area contributed by atoms with Gasteiger partial charge in [-0.2, -0.15) is 0 Å². The number of anilines is 2. The SMILES string of the molecule is CCCC(CC)Nc1nc(C)nc(NC)c1C. The Kier molecular flexibility index (Phi) is 5.19. The molecule has 2 N–H and O–H groups in total. The van der Waals surface area contributed by atoms with Gasteiger partial charge in [-0.15, -0.1) is 0 Å². The van der Waals surface area contributed by atoms with Crippen molar-refractivity contribution in [1.29, 1.82) is 0 Å². The topological polar surface area (TPSA) is 49.8 Å². The van der Waals surface area contributed by atoms with E-state index in [0.717, 1.165) is 29.4 Å². The van der Waals surface area contributed by atoms with Gasteiger partial charge in [0.1, 0.15) is 17.5 Å². The number of aromatic nitrogens is 2. The van der Waals surface area contributed by atoms with Crippen LogP contribution in [0.25, 0.3) is 0 Å². The average Bonchev–Trinajstić information content (AvgIpc) is 2.32. The van der Waals surface area contributed by atoms with Crippen molar-refractivity contribution in [3.63, 3.8) is 0 Å². The van der Waals surface area contributed by atoms with E-state index >= 15 is 0 Å². The Hall–Kier alpha value is -1.32. The standard InChI is InChI=1S/C13H24N4/c1-6-8-11(7-2)17-13-9(3)12(14-5)15-10(4)16-13/h11H,6-8H2,1-5H3,(H2,14,15,16,17). The van der Waals surface area contributed by atoms with E-state index in [1.807, 2.05) is 20.9 Å². The molecule has 4 nitrogen and oxygen atoms in total. The average molecular weight is 236 g/mol. The molecule has 1 rings (SSSR count). The van der Waals surface area contributed by atoms with E-state index in [0.29, 0.717) is 6.04 Å². The molecule has 4 heteroatoms. The Balaban J connectivity index is 2.92. The van der Waals surface area contributed by atoms with Crippen molar-refractivity contribution in [2.24, 2.45) is 0 Å². The molecule has 0 spiro atoms. The second-order valence-corrected chi connectivity index (χ2v) is 4.38. The van der Waals surface area contributed by atoms with Crippen molar-refractivity contribution >= 4 is 11.6 Å². The van der Waals surface area contributed by atoms with Gasteiger partial charge in [-0.05, 0) is 26.7 Å². The zero-order valence-electron chi connectivity index (χ0n) is 11.6. The summed E-state index contributed by atoms with van der Waals surface area (Å²) in [4.78, 5) is 8.86. The molecule has 0 radical (unpaired) electrons. The van der Waals surface area contributed by atoms with Crippen LogP contribution in [0.4, 0.5) is 11.6 Å². The third-order valence-electron chi connectivity index (χ3n) is 2.97. The highest BCUT2D eigenvalue weighted by molar-refractivity contribution is 5.57. The zero-order chi connectivity index (χ0) is 12.8. The smallest absolute Gasteiger partial charge is 0.134 e. The van der Waals surface area contributed by atoms with Crippen molar-refractivity contribution in [3.05, 3.63) is 11.4 Å². The Bertz CT molecular complexity index is 363. The third kappa shape index (κ3) is 3.58. The lowest BCUT2D eigenvalue weighted by molar-refractivity contribution is 0.619. The molecule has 0 fully saturated rings. The van der Waals surface area contributed by atoms with Gasteiger partial charge in [-0.1, -0.05) is 20.3 Å². The molecule has 1 heterocycles. The van der Waals surface area contributed by atoms with Crippen LogP contribution in [-0.2, 0) is 0 Å². The van der Waals surface area contributed by atoms with Crippen molar-refractivity contribution in [2.45, 2.75) is 53.0 Å². The van der Waals surface area contributed by atoms with Crippen LogP contribution < -0.4 is 10.6 Å². The summed E-state index contributed by atoms with van der Waals surface area (Å²) in [5, 5.41) is 6.63. The van der Waals surface area contributed by atoms with E-state index in [1.54, 1.807) is 0 Å². The summed E-state index contributed by atoms with van der Waals surface area (Å²) in [6, 6.07) is 0.498. The lowest BCUT2D eigenvalue weighted by Gasteiger charge is -2.19. The van der Waals surface area contributed by atoms with E-state index in [4.69, 9.17) is 0 Å². The molecule has 1 aromatic heterocycles. The molecule has 0 amide bonds. The maximum atomic E-state index is 4.49. The fourth-order valence-electron chi connectivity index (χ4n) is 1.93. The van der Waals surface area contributed by atoms with Crippen LogP contribution in [0.2, 0.25) is 0 Å². The van der Waals surface area contributed by atoms with Gasteiger partial charge in [0.25, 0.3) is 0 Å². The molecule has 0 aliphatic rings. The van der Waals surface area contributed by atoms with Gasteiger partial charge in [-0.25, -0.2) is 9.97 Å². The van der Waals surface area contributed by atoms with Crippen LogP contribution in [-0.4, -0.2) is 23.1 Å². The lowest BCUT2D eigenvalue weighted by atomic mass is 10.1. The van der Waals surface area contributed by atoms with Gasteiger partial charge in [0, 0.05) is 18.7 Å². The minimum atomic E-state index is 0.498. The van der Waals surface area contributed by atoms with E-state index in [1.165, 1.54) is 12.8 Å². The number of rotatable bonds is 6. The molecule has 0 aromatic carbocycles. The van der Waals surface area contributed by atoms with Crippen molar-refractivity contribution in [1.82, 2.24) is 9.97 Å². The second-order valence-electron chi connectivity index (χ2n) is 4.38. The first-order chi connectivity index (χ1) is 8.12. The molecule has 17 heavy (non-hydrogen) atoms. The van der Waals surface area contributed by atoms with Crippen LogP contribution in [0.5, 0.6) is 0 Å². The first kappa shape index (κ1) is 13.7. The minimum absolute atomic E-state index is 0.498. The largest absolute Gasteiger partial charge is 0.373 e. The van der Waals surface area contributed by atoms with E-state index in [2.05, 4.69) is 34.4 Å². The quantitative estimate of drug-likeness (QED) is 0.796. The number of nitrogens with one attached hydrogen (secondary N) is 2. The fourth-order valence-corrected chi connectivity index (χ4v) is 1.93. The molecule has 0 aliphatic carbocycles. The second kappa shape index (κ2) is 6.42. The molecule has 1 unspecified atom stereocenters.